The Morgan fingerprint density at radius 2 is 1.59 bits per heavy atom. The van der Waals surface area contributed by atoms with Gasteiger partial charge in [-0.2, -0.15) is 0 Å². The first kappa shape index (κ1) is 37.1. The lowest BCUT2D eigenvalue weighted by atomic mass is 9.97. The average molecular weight is 595 g/mol. The number of carbonyl (C=O) groups is 3. The van der Waals surface area contributed by atoms with Crippen molar-refractivity contribution in [3.8, 4) is 0 Å². The Morgan fingerprint density at radius 1 is 1.00 bits per heavy atom. The molecule has 15 nitrogen and oxygen atoms in total. The van der Waals surface area contributed by atoms with Gasteiger partial charge in [0.15, 0.2) is 6.29 Å². The van der Waals surface area contributed by atoms with Gasteiger partial charge in [0.2, 0.25) is 17.7 Å². The molecule has 240 valence electrons. The molecule has 0 radical (unpaired) electrons. The molecule has 0 aromatic carbocycles. The molecule has 1 aliphatic rings. The molecule has 41 heavy (non-hydrogen) atoms. The van der Waals surface area contributed by atoms with E-state index in [1.54, 1.807) is 0 Å². The highest BCUT2D eigenvalue weighted by Gasteiger charge is 2.45. The minimum absolute atomic E-state index is 0.00559. The number of carbonyl (C=O) groups excluding carboxylic acids is 3. The molecule has 1 heterocycles. The van der Waals surface area contributed by atoms with E-state index in [-0.39, 0.29) is 63.6 Å². The molecule has 1 saturated heterocycles. The number of hydrogen-bond donors (Lipinski definition) is 8. The van der Waals surface area contributed by atoms with Crippen LogP contribution in [0.3, 0.4) is 0 Å². The van der Waals surface area contributed by atoms with Gasteiger partial charge in [-0.1, -0.05) is 13.8 Å². The topological polar surface area (TPSA) is 231 Å². The van der Waals surface area contributed by atoms with Gasteiger partial charge in [0, 0.05) is 32.9 Å². The van der Waals surface area contributed by atoms with Gasteiger partial charge in [-0.05, 0) is 18.8 Å². The van der Waals surface area contributed by atoms with Crippen molar-refractivity contribution in [1.82, 2.24) is 16.0 Å². The van der Waals surface area contributed by atoms with Crippen molar-refractivity contribution in [1.29, 1.82) is 0 Å². The van der Waals surface area contributed by atoms with Crippen LogP contribution in [-0.2, 0) is 33.3 Å². The highest BCUT2D eigenvalue weighted by atomic mass is 16.7. The molecule has 0 bridgehead atoms. The Balaban J connectivity index is 2.27. The van der Waals surface area contributed by atoms with Crippen molar-refractivity contribution < 1.29 is 53.8 Å². The fraction of sp³-hybridized carbons (Fsp3) is 0.885. The van der Waals surface area contributed by atoms with E-state index in [1.165, 1.54) is 6.92 Å². The van der Waals surface area contributed by atoms with Gasteiger partial charge in [-0.3, -0.25) is 14.4 Å². The molecule has 15 heteroatoms. The van der Waals surface area contributed by atoms with Crippen LogP contribution in [0.4, 0.5) is 0 Å². The molecule has 1 aliphatic heterocycles. The lowest BCUT2D eigenvalue weighted by Gasteiger charge is -2.42. The van der Waals surface area contributed by atoms with E-state index < -0.39 is 55.3 Å². The Hall–Kier alpha value is -1.95. The van der Waals surface area contributed by atoms with Crippen LogP contribution in [0, 0.1) is 5.92 Å². The Kier molecular flexibility index (Phi) is 18.1. The average Bonchev–Trinajstić information content (AvgIpc) is 2.94. The Bertz CT molecular complexity index is 778. The molecule has 4 unspecified atom stereocenters. The van der Waals surface area contributed by atoms with Gasteiger partial charge in [0.05, 0.1) is 51.8 Å². The molecule has 0 spiro atoms. The van der Waals surface area contributed by atoms with Gasteiger partial charge in [-0.15, -0.1) is 0 Å². The number of ether oxygens (including phenoxy) is 4. The SMILES string of the molecule is CCCNC(=O)CCOCC(N)(CO)COCCC(=O)NCCC(C)CO[C@@H]1OC(CO)[C@H](O)C(O)[C@@H]1NC(C)=O. The minimum atomic E-state index is -1.39. The first-order chi connectivity index (χ1) is 19.5. The summed E-state index contributed by atoms with van der Waals surface area (Å²) in [6.45, 7) is 5.54. The molecule has 0 aromatic heterocycles. The van der Waals surface area contributed by atoms with Crippen molar-refractivity contribution in [2.75, 3.05) is 59.3 Å². The molecular weight excluding hydrogens is 544 g/mol. The van der Waals surface area contributed by atoms with Crippen LogP contribution in [0.25, 0.3) is 0 Å². The lowest BCUT2D eigenvalue weighted by Crippen LogP contribution is -2.64. The fourth-order valence-corrected chi connectivity index (χ4v) is 3.87. The molecule has 0 saturated carbocycles. The van der Waals surface area contributed by atoms with E-state index in [0.717, 1.165) is 6.42 Å². The zero-order valence-electron chi connectivity index (χ0n) is 24.4. The zero-order valence-corrected chi connectivity index (χ0v) is 24.4. The van der Waals surface area contributed by atoms with Crippen LogP contribution in [0.2, 0.25) is 0 Å². The van der Waals surface area contributed by atoms with E-state index in [1.807, 2.05) is 13.8 Å². The van der Waals surface area contributed by atoms with Crippen molar-refractivity contribution in [2.45, 2.75) is 82.6 Å². The molecule has 1 rings (SSSR count). The highest BCUT2D eigenvalue weighted by molar-refractivity contribution is 5.76. The first-order valence-corrected chi connectivity index (χ1v) is 14.1. The summed E-state index contributed by atoms with van der Waals surface area (Å²) < 4.78 is 22.2. The van der Waals surface area contributed by atoms with Gasteiger partial charge < -0.3 is 61.1 Å². The summed E-state index contributed by atoms with van der Waals surface area (Å²) in [4.78, 5) is 35.3. The van der Waals surface area contributed by atoms with E-state index >= 15 is 0 Å². The molecular formula is C26H50N4O11. The second-order valence-electron chi connectivity index (χ2n) is 10.5. The third-order valence-corrected chi connectivity index (χ3v) is 6.37. The molecule has 0 aliphatic carbocycles. The van der Waals surface area contributed by atoms with Crippen molar-refractivity contribution in [3.05, 3.63) is 0 Å². The number of hydrogen-bond acceptors (Lipinski definition) is 12. The van der Waals surface area contributed by atoms with Crippen LogP contribution >= 0.6 is 0 Å². The number of amides is 3. The second-order valence-corrected chi connectivity index (χ2v) is 10.5. The molecule has 1 fully saturated rings. The van der Waals surface area contributed by atoms with Crippen LogP contribution in [0.1, 0.15) is 46.5 Å². The smallest absolute Gasteiger partial charge is 0.222 e. The Labute approximate surface area is 241 Å². The van der Waals surface area contributed by atoms with Gasteiger partial charge in [0.1, 0.15) is 24.4 Å². The quantitative estimate of drug-likeness (QED) is 0.0626. The number of nitrogens with one attached hydrogen (secondary N) is 3. The summed E-state index contributed by atoms with van der Waals surface area (Å²) >= 11 is 0. The van der Waals surface area contributed by atoms with Crippen molar-refractivity contribution in [2.24, 2.45) is 11.7 Å². The monoisotopic (exact) mass is 594 g/mol. The summed E-state index contributed by atoms with van der Waals surface area (Å²) in [6.07, 6.45) is -3.23. The van der Waals surface area contributed by atoms with Gasteiger partial charge in [0.25, 0.3) is 0 Å². The first-order valence-electron chi connectivity index (χ1n) is 14.1. The maximum absolute atomic E-state index is 12.2. The summed E-state index contributed by atoms with van der Waals surface area (Å²) in [5, 5.41) is 47.4. The minimum Gasteiger partial charge on any atom is -0.394 e. The third-order valence-electron chi connectivity index (χ3n) is 6.37. The third kappa shape index (κ3) is 14.7. The predicted molar refractivity (Wildman–Crippen MR) is 146 cm³/mol. The van der Waals surface area contributed by atoms with Crippen molar-refractivity contribution >= 4 is 17.7 Å². The summed E-state index contributed by atoms with van der Waals surface area (Å²) in [7, 11) is 0. The lowest BCUT2D eigenvalue weighted by molar-refractivity contribution is -0.272. The Morgan fingerprint density at radius 3 is 2.10 bits per heavy atom. The highest BCUT2D eigenvalue weighted by Crippen LogP contribution is 2.23. The molecule has 7 atom stereocenters. The van der Waals surface area contributed by atoms with Crippen LogP contribution in [-0.4, -0.2) is 134 Å². The number of rotatable bonds is 21. The fourth-order valence-electron chi connectivity index (χ4n) is 3.87. The van der Waals surface area contributed by atoms with E-state index in [4.69, 9.17) is 24.7 Å². The maximum Gasteiger partial charge on any atom is 0.222 e. The number of nitrogens with two attached hydrogens (primary N) is 1. The standard InChI is InChI=1S/C26H50N4O11/c1-4-8-28-20(34)6-10-38-15-26(27,14-32)16-39-11-7-21(35)29-9-5-17(2)13-40-25-22(30-18(3)33)24(37)23(36)19(12-31)41-25/h17,19,22-25,31-32,36-37H,4-16,27H2,1-3H3,(H,28,34)(H,29,35)(H,30,33)/t17?,19?,22-,23-,24?,25+,26?/m0/s1. The maximum atomic E-state index is 12.2. The van der Waals surface area contributed by atoms with Crippen LogP contribution < -0.4 is 21.7 Å². The van der Waals surface area contributed by atoms with Crippen molar-refractivity contribution in [3.63, 3.8) is 0 Å². The van der Waals surface area contributed by atoms with E-state index in [0.29, 0.717) is 19.5 Å². The predicted octanol–water partition coefficient (Wildman–Crippen LogP) is -2.88. The zero-order chi connectivity index (χ0) is 30.8. The summed E-state index contributed by atoms with van der Waals surface area (Å²) in [5.41, 5.74) is 4.93. The summed E-state index contributed by atoms with van der Waals surface area (Å²) in [5.74, 6) is -0.826. The second kappa shape index (κ2) is 20.0. The van der Waals surface area contributed by atoms with Crippen LogP contribution in [0.5, 0.6) is 0 Å². The number of aliphatic hydroxyl groups excluding tert-OH is 4. The largest absolute Gasteiger partial charge is 0.394 e. The normalized spacial score (nSPS) is 24.7. The van der Waals surface area contributed by atoms with Gasteiger partial charge >= 0.3 is 0 Å². The molecule has 3 amide bonds. The van der Waals surface area contributed by atoms with Crippen LogP contribution in [0.15, 0.2) is 0 Å². The van der Waals surface area contributed by atoms with E-state index in [9.17, 15) is 34.8 Å². The summed E-state index contributed by atoms with van der Waals surface area (Å²) in [6, 6.07) is -1.01. The van der Waals surface area contributed by atoms with Gasteiger partial charge in [-0.25, -0.2) is 0 Å². The van der Waals surface area contributed by atoms with E-state index in [2.05, 4.69) is 16.0 Å². The molecule has 9 N–H and O–H groups in total. The number of aliphatic hydroxyl groups is 4. The molecule has 0 aromatic rings.